The quantitative estimate of drug-likeness (QED) is 0.751. The van der Waals surface area contributed by atoms with Gasteiger partial charge in [0.05, 0.1) is 5.52 Å². The summed E-state index contributed by atoms with van der Waals surface area (Å²) in [5.41, 5.74) is 11.3. The number of nitrogens with zero attached hydrogens (tertiary/aromatic N) is 1. The first-order valence-corrected chi connectivity index (χ1v) is 6.43. The maximum atomic E-state index is 5.69. The van der Waals surface area contributed by atoms with E-state index in [1.165, 1.54) is 16.5 Å². The molecule has 19 heavy (non-hydrogen) atoms. The average molecular weight is 248 g/mol. The second kappa shape index (κ2) is 4.82. The van der Waals surface area contributed by atoms with E-state index in [0.29, 0.717) is 6.54 Å². The van der Waals surface area contributed by atoms with Gasteiger partial charge in [0, 0.05) is 17.6 Å². The zero-order valence-corrected chi connectivity index (χ0v) is 10.9. The van der Waals surface area contributed by atoms with Crippen LogP contribution in [0.4, 0.5) is 0 Å². The number of pyridine rings is 1. The lowest BCUT2D eigenvalue weighted by atomic mass is 10.0. The van der Waals surface area contributed by atoms with Crippen molar-refractivity contribution in [3.8, 4) is 11.1 Å². The van der Waals surface area contributed by atoms with E-state index in [2.05, 4.69) is 53.5 Å². The number of aromatic nitrogens is 1. The second-order valence-corrected chi connectivity index (χ2v) is 4.76. The van der Waals surface area contributed by atoms with E-state index in [0.717, 1.165) is 16.8 Å². The van der Waals surface area contributed by atoms with Crippen molar-refractivity contribution in [3.05, 3.63) is 65.9 Å². The number of fused-ring (bicyclic) bond motifs is 1. The van der Waals surface area contributed by atoms with Crippen LogP contribution in [0.3, 0.4) is 0 Å². The zero-order chi connectivity index (χ0) is 13.2. The van der Waals surface area contributed by atoms with Gasteiger partial charge in [-0.2, -0.15) is 0 Å². The highest BCUT2D eigenvalue weighted by atomic mass is 14.7. The molecule has 1 aromatic heterocycles. The van der Waals surface area contributed by atoms with Crippen LogP contribution in [0.25, 0.3) is 22.0 Å². The van der Waals surface area contributed by atoms with Gasteiger partial charge in [-0.25, -0.2) is 0 Å². The van der Waals surface area contributed by atoms with Gasteiger partial charge >= 0.3 is 0 Å². The molecule has 94 valence electrons. The van der Waals surface area contributed by atoms with Crippen LogP contribution in [-0.2, 0) is 6.54 Å². The minimum atomic E-state index is 0.572. The zero-order valence-electron chi connectivity index (χ0n) is 10.9. The molecular formula is C17H16N2. The molecule has 0 saturated heterocycles. The van der Waals surface area contributed by atoms with Crippen molar-refractivity contribution in [2.24, 2.45) is 5.73 Å². The third-order valence-corrected chi connectivity index (χ3v) is 3.32. The molecule has 0 radical (unpaired) electrons. The van der Waals surface area contributed by atoms with Crippen LogP contribution >= 0.6 is 0 Å². The van der Waals surface area contributed by atoms with E-state index in [-0.39, 0.29) is 0 Å². The third-order valence-electron chi connectivity index (χ3n) is 3.32. The fourth-order valence-electron chi connectivity index (χ4n) is 2.28. The number of hydrogen-bond acceptors (Lipinski definition) is 2. The Morgan fingerprint density at radius 2 is 1.79 bits per heavy atom. The van der Waals surface area contributed by atoms with Gasteiger partial charge in [0.25, 0.3) is 0 Å². The molecule has 0 saturated carbocycles. The van der Waals surface area contributed by atoms with E-state index >= 15 is 0 Å². The molecule has 0 spiro atoms. The van der Waals surface area contributed by atoms with Gasteiger partial charge in [0.1, 0.15) is 0 Å². The highest BCUT2D eigenvalue weighted by Gasteiger charge is 2.01. The Labute approximate surface area is 112 Å². The molecule has 0 aliphatic rings. The van der Waals surface area contributed by atoms with Gasteiger partial charge in [-0.3, -0.25) is 4.98 Å². The summed E-state index contributed by atoms with van der Waals surface area (Å²) in [5, 5.41) is 1.17. The molecule has 2 N–H and O–H groups in total. The Balaban J connectivity index is 2.12. The maximum Gasteiger partial charge on any atom is 0.0705 e. The number of nitrogens with two attached hydrogens (primary N) is 1. The Hall–Kier alpha value is -2.19. The van der Waals surface area contributed by atoms with Crippen LogP contribution in [-0.4, -0.2) is 4.98 Å². The minimum Gasteiger partial charge on any atom is -0.326 e. The van der Waals surface area contributed by atoms with Crippen molar-refractivity contribution in [1.82, 2.24) is 4.98 Å². The second-order valence-electron chi connectivity index (χ2n) is 4.76. The highest BCUT2D eigenvalue weighted by molar-refractivity contribution is 5.84. The first-order valence-electron chi connectivity index (χ1n) is 6.43. The summed E-state index contributed by atoms with van der Waals surface area (Å²) in [5.74, 6) is 0. The van der Waals surface area contributed by atoms with Crippen LogP contribution in [0, 0.1) is 6.92 Å². The van der Waals surface area contributed by atoms with Crippen LogP contribution in [0.1, 0.15) is 11.3 Å². The number of hydrogen-bond donors (Lipinski definition) is 1. The fraction of sp³-hybridized carbons (Fsp3) is 0.118. The maximum absolute atomic E-state index is 5.69. The predicted molar refractivity (Wildman–Crippen MR) is 79.8 cm³/mol. The molecule has 2 aromatic carbocycles. The Morgan fingerprint density at radius 3 is 2.63 bits per heavy atom. The first kappa shape index (κ1) is 11.9. The molecule has 0 unspecified atom stereocenters. The van der Waals surface area contributed by atoms with Crippen LogP contribution in [0.2, 0.25) is 0 Å². The van der Waals surface area contributed by atoms with E-state index < -0.39 is 0 Å². The molecule has 0 aliphatic heterocycles. The number of benzene rings is 2. The van der Waals surface area contributed by atoms with E-state index in [4.69, 9.17) is 5.73 Å². The number of aryl methyl sites for hydroxylation is 1. The standard InChI is InChI=1S/C17H16N2/c1-12-5-6-16-10-15(7-8-17(16)19-12)14-4-2-3-13(9-14)11-18/h2-10H,11,18H2,1H3. The summed E-state index contributed by atoms with van der Waals surface area (Å²) in [4.78, 5) is 4.52. The van der Waals surface area contributed by atoms with Gasteiger partial charge in [-0.05, 0) is 47.9 Å². The van der Waals surface area contributed by atoms with Crippen LogP contribution < -0.4 is 5.73 Å². The molecule has 0 bridgehead atoms. The summed E-state index contributed by atoms with van der Waals surface area (Å²) >= 11 is 0. The molecule has 3 rings (SSSR count). The van der Waals surface area contributed by atoms with Gasteiger partial charge in [-0.15, -0.1) is 0 Å². The van der Waals surface area contributed by atoms with Crippen molar-refractivity contribution >= 4 is 10.9 Å². The largest absolute Gasteiger partial charge is 0.326 e. The topological polar surface area (TPSA) is 38.9 Å². The highest BCUT2D eigenvalue weighted by Crippen LogP contribution is 2.24. The van der Waals surface area contributed by atoms with Gasteiger partial charge < -0.3 is 5.73 Å². The van der Waals surface area contributed by atoms with E-state index in [1.807, 2.05) is 13.0 Å². The van der Waals surface area contributed by atoms with Crippen molar-refractivity contribution in [1.29, 1.82) is 0 Å². The normalized spacial score (nSPS) is 10.8. The molecule has 2 heteroatoms. The van der Waals surface area contributed by atoms with Gasteiger partial charge in [-0.1, -0.05) is 30.3 Å². The summed E-state index contributed by atoms with van der Waals surface area (Å²) < 4.78 is 0. The molecular weight excluding hydrogens is 232 g/mol. The lowest BCUT2D eigenvalue weighted by molar-refractivity contribution is 1.07. The Morgan fingerprint density at radius 1 is 0.947 bits per heavy atom. The minimum absolute atomic E-state index is 0.572. The monoisotopic (exact) mass is 248 g/mol. The fourth-order valence-corrected chi connectivity index (χ4v) is 2.28. The van der Waals surface area contributed by atoms with Crippen molar-refractivity contribution in [2.75, 3.05) is 0 Å². The molecule has 3 aromatic rings. The lowest BCUT2D eigenvalue weighted by Crippen LogP contribution is -1.95. The van der Waals surface area contributed by atoms with E-state index in [9.17, 15) is 0 Å². The summed E-state index contributed by atoms with van der Waals surface area (Å²) in [6.07, 6.45) is 0. The summed E-state index contributed by atoms with van der Waals surface area (Å²) in [7, 11) is 0. The van der Waals surface area contributed by atoms with Crippen molar-refractivity contribution in [2.45, 2.75) is 13.5 Å². The Bertz CT molecular complexity index is 732. The average Bonchev–Trinajstić information content (AvgIpc) is 2.46. The van der Waals surface area contributed by atoms with E-state index in [1.54, 1.807) is 0 Å². The van der Waals surface area contributed by atoms with Crippen LogP contribution in [0.15, 0.2) is 54.6 Å². The van der Waals surface area contributed by atoms with Gasteiger partial charge in [0.2, 0.25) is 0 Å². The SMILES string of the molecule is Cc1ccc2cc(-c3cccc(CN)c3)ccc2n1. The van der Waals surface area contributed by atoms with Gasteiger partial charge in [0.15, 0.2) is 0 Å². The lowest BCUT2D eigenvalue weighted by Gasteiger charge is -2.06. The Kier molecular flexibility index (Phi) is 3.02. The molecule has 0 fully saturated rings. The third kappa shape index (κ3) is 2.35. The smallest absolute Gasteiger partial charge is 0.0705 e. The predicted octanol–water partition coefficient (Wildman–Crippen LogP) is 3.67. The molecule has 0 atom stereocenters. The molecule has 0 amide bonds. The molecule has 0 aliphatic carbocycles. The first-order chi connectivity index (χ1) is 9.26. The molecule has 2 nitrogen and oxygen atoms in total. The molecule has 1 heterocycles. The van der Waals surface area contributed by atoms with Crippen molar-refractivity contribution < 1.29 is 0 Å². The summed E-state index contributed by atoms with van der Waals surface area (Å²) in [6, 6.07) is 18.9. The van der Waals surface area contributed by atoms with Crippen molar-refractivity contribution in [3.63, 3.8) is 0 Å². The number of rotatable bonds is 2. The summed E-state index contributed by atoms with van der Waals surface area (Å²) in [6.45, 7) is 2.58. The van der Waals surface area contributed by atoms with Crippen LogP contribution in [0.5, 0.6) is 0 Å².